The van der Waals surface area contributed by atoms with Crippen LogP contribution in [-0.4, -0.2) is 58.7 Å². The molecule has 0 aromatic carbocycles. The molecule has 37 heavy (non-hydrogen) atoms. The van der Waals surface area contributed by atoms with Crippen molar-refractivity contribution in [3.63, 3.8) is 0 Å². The molecule has 10 heteroatoms. The van der Waals surface area contributed by atoms with Crippen molar-refractivity contribution in [3.8, 4) is 0 Å². The van der Waals surface area contributed by atoms with E-state index in [2.05, 4.69) is 103 Å². The standard InChI is InChI=1S/C27H65O4PSi5/c1-16-24(35(9,10)11)29-34(8)25(17-2,18-3)27(32,21-6)31-37(15,23-22-33(7)28)26(19-4,20-5)30-36(12,13)14/h24,34H,16-23,32H2,1-15H3. The van der Waals surface area contributed by atoms with Crippen LogP contribution >= 0.6 is 9.24 Å². The Morgan fingerprint density at radius 1 is 0.838 bits per heavy atom. The highest BCUT2D eigenvalue weighted by molar-refractivity contribution is 7.19. The summed E-state index contributed by atoms with van der Waals surface area (Å²) >= 11 is 0. The fourth-order valence-electron chi connectivity index (χ4n) is 6.61. The summed E-state index contributed by atoms with van der Waals surface area (Å²) in [5.74, 6) is 0. The van der Waals surface area contributed by atoms with Gasteiger partial charge in [0.1, 0.15) is 0 Å². The first-order valence-electron chi connectivity index (χ1n) is 15.1. The van der Waals surface area contributed by atoms with Gasteiger partial charge in [-0.05, 0) is 89.9 Å². The van der Waals surface area contributed by atoms with Gasteiger partial charge in [-0.15, -0.1) is 9.24 Å². The van der Waals surface area contributed by atoms with Gasteiger partial charge in [0.2, 0.25) is 8.32 Å². The Kier molecular flexibility index (Phi) is 15.4. The number of rotatable bonds is 19. The number of hydrogen-bond donors (Lipinski definition) is 0. The van der Waals surface area contributed by atoms with Gasteiger partial charge in [0.25, 0.3) is 8.68 Å². The molecule has 0 spiro atoms. The van der Waals surface area contributed by atoms with Crippen LogP contribution in [0.2, 0.25) is 76.0 Å². The lowest BCUT2D eigenvalue weighted by Crippen LogP contribution is -2.67. The van der Waals surface area contributed by atoms with Crippen molar-refractivity contribution in [2.45, 2.75) is 172 Å². The molecule has 0 saturated heterocycles. The third-order valence-electron chi connectivity index (χ3n) is 9.08. The highest BCUT2D eigenvalue weighted by Crippen LogP contribution is 2.59. The molecule has 0 aliphatic carbocycles. The molecule has 0 amide bonds. The van der Waals surface area contributed by atoms with E-state index < -0.39 is 42.4 Å². The van der Waals surface area contributed by atoms with Crippen LogP contribution in [0, 0.1) is 0 Å². The van der Waals surface area contributed by atoms with Gasteiger partial charge >= 0.3 is 0 Å². The molecule has 5 atom stereocenters. The molecular formula is C27H65O4PSi5. The maximum absolute atomic E-state index is 12.5. The van der Waals surface area contributed by atoms with Crippen LogP contribution in [-0.2, 0) is 17.7 Å². The van der Waals surface area contributed by atoms with E-state index in [9.17, 15) is 4.46 Å². The van der Waals surface area contributed by atoms with E-state index in [1.807, 2.05) is 6.55 Å². The largest absolute Gasteiger partial charge is 0.420 e. The van der Waals surface area contributed by atoms with Crippen LogP contribution in [0.1, 0.15) is 80.1 Å². The fourth-order valence-corrected chi connectivity index (χ4v) is 25.1. The Balaban J connectivity index is 6.93. The zero-order valence-corrected chi connectivity index (χ0v) is 33.8. The summed E-state index contributed by atoms with van der Waals surface area (Å²) in [6.07, 6.45) is 5.98. The van der Waals surface area contributed by atoms with Crippen LogP contribution in [0.3, 0.4) is 0 Å². The minimum Gasteiger partial charge on any atom is -0.420 e. The van der Waals surface area contributed by atoms with E-state index in [-0.39, 0.29) is 15.6 Å². The smallest absolute Gasteiger partial charge is 0.273 e. The first kappa shape index (κ1) is 38.2. The molecule has 0 aliphatic rings. The van der Waals surface area contributed by atoms with Crippen molar-refractivity contribution >= 4 is 51.7 Å². The summed E-state index contributed by atoms with van der Waals surface area (Å²) < 4.78 is 34.5. The molecular weight excluding hydrogens is 560 g/mol. The Morgan fingerprint density at radius 2 is 1.32 bits per heavy atom. The molecule has 222 valence electrons. The van der Waals surface area contributed by atoms with Crippen molar-refractivity contribution in [1.29, 1.82) is 0 Å². The van der Waals surface area contributed by atoms with E-state index in [0.29, 0.717) is 5.73 Å². The Hall–Kier alpha value is 1.19. The van der Waals surface area contributed by atoms with Gasteiger partial charge in [-0.25, -0.2) is 0 Å². The van der Waals surface area contributed by atoms with Gasteiger partial charge in [-0.3, -0.25) is 0 Å². The molecule has 0 fully saturated rings. The molecule has 0 bridgehead atoms. The minimum absolute atomic E-state index is 0.0163. The second kappa shape index (κ2) is 14.9. The SMILES string of the molecule is CCC(O[SiH](C)C(CC)(CC)C(P)(CC)O[Si](C)(CC[Si](C)=O)C(CC)(CC)O[Si](C)(C)C)[Si](C)(C)C. The zero-order valence-electron chi connectivity index (χ0n) is 27.5. The van der Waals surface area contributed by atoms with Gasteiger partial charge in [0.05, 0.1) is 18.6 Å². The quantitative estimate of drug-likeness (QED) is 0.106. The Morgan fingerprint density at radius 3 is 1.62 bits per heavy atom. The van der Waals surface area contributed by atoms with E-state index in [0.717, 1.165) is 50.6 Å². The van der Waals surface area contributed by atoms with Crippen LogP contribution in [0.15, 0.2) is 0 Å². The Labute approximate surface area is 241 Å². The molecule has 0 radical (unpaired) electrons. The monoisotopic (exact) mass is 624 g/mol. The predicted octanol–water partition coefficient (Wildman–Crippen LogP) is 9.15. The van der Waals surface area contributed by atoms with Crippen LogP contribution < -0.4 is 0 Å². The highest BCUT2D eigenvalue weighted by Gasteiger charge is 2.60. The first-order valence-corrected chi connectivity index (χ1v) is 29.6. The summed E-state index contributed by atoms with van der Waals surface area (Å²) in [5.41, 5.74) is 0.382. The van der Waals surface area contributed by atoms with Crippen molar-refractivity contribution in [2.24, 2.45) is 0 Å². The maximum Gasteiger partial charge on any atom is 0.273 e. The van der Waals surface area contributed by atoms with Gasteiger partial charge < -0.3 is 17.7 Å². The van der Waals surface area contributed by atoms with E-state index in [1.54, 1.807) is 0 Å². The van der Waals surface area contributed by atoms with E-state index >= 15 is 0 Å². The average Bonchev–Trinajstić information content (AvgIpc) is 2.79. The summed E-state index contributed by atoms with van der Waals surface area (Å²) in [5, 5.41) is -0.685. The fraction of sp³-hybridized carbons (Fsp3) is 1.00. The lowest BCUT2D eigenvalue weighted by molar-refractivity contribution is 0.0297. The molecule has 0 rings (SSSR count). The van der Waals surface area contributed by atoms with Crippen LogP contribution in [0.25, 0.3) is 0 Å². The molecule has 0 aliphatic heterocycles. The second-order valence-electron chi connectivity index (χ2n) is 13.6. The predicted molar refractivity (Wildman–Crippen MR) is 180 cm³/mol. The first-order chi connectivity index (χ1) is 16.7. The van der Waals surface area contributed by atoms with Crippen molar-refractivity contribution in [3.05, 3.63) is 0 Å². The van der Waals surface area contributed by atoms with Crippen molar-refractivity contribution in [2.75, 3.05) is 0 Å². The minimum atomic E-state index is -2.54. The molecule has 5 unspecified atom stereocenters. The van der Waals surface area contributed by atoms with E-state index in [4.69, 9.17) is 13.3 Å². The molecule has 0 heterocycles. The third kappa shape index (κ3) is 9.35. The lowest BCUT2D eigenvalue weighted by Gasteiger charge is -2.58. The van der Waals surface area contributed by atoms with Gasteiger partial charge in [-0.1, -0.05) is 61.2 Å². The van der Waals surface area contributed by atoms with Gasteiger partial charge in [0, 0.05) is 10.8 Å². The second-order valence-corrected chi connectivity index (χ2v) is 33.0. The zero-order chi connectivity index (χ0) is 29.5. The van der Waals surface area contributed by atoms with Crippen LogP contribution in [0.5, 0.6) is 0 Å². The topological polar surface area (TPSA) is 44.8 Å². The molecule has 0 saturated carbocycles. The normalized spacial score (nSPS) is 18.7. The summed E-state index contributed by atoms with van der Waals surface area (Å²) in [6.45, 7) is 34.8. The molecule has 0 aromatic rings. The van der Waals surface area contributed by atoms with E-state index in [1.165, 1.54) is 0 Å². The summed E-state index contributed by atoms with van der Waals surface area (Å²) in [6, 6.07) is 1.63. The van der Waals surface area contributed by atoms with Gasteiger partial charge in [-0.2, -0.15) is 0 Å². The maximum atomic E-state index is 12.5. The van der Waals surface area contributed by atoms with Crippen molar-refractivity contribution < 1.29 is 17.7 Å². The van der Waals surface area contributed by atoms with Gasteiger partial charge in [0.15, 0.2) is 17.4 Å². The highest BCUT2D eigenvalue weighted by atomic mass is 31.0. The lowest BCUT2D eigenvalue weighted by atomic mass is 9.92. The summed E-state index contributed by atoms with van der Waals surface area (Å²) in [4.78, 5) is 0. The Bertz CT molecular complexity index is 704. The molecule has 4 nitrogen and oxygen atoms in total. The van der Waals surface area contributed by atoms with Crippen LogP contribution in [0.4, 0.5) is 0 Å². The summed E-state index contributed by atoms with van der Waals surface area (Å²) in [7, 11) is -5.86. The molecule has 0 aromatic heterocycles. The number of hydrogen-bond acceptors (Lipinski definition) is 4. The van der Waals surface area contributed by atoms with Crippen molar-refractivity contribution in [1.82, 2.24) is 0 Å². The third-order valence-corrected chi connectivity index (χ3v) is 24.5. The average molecular weight is 625 g/mol. The molecule has 0 N–H and O–H groups in total.